The molecule has 1 atom stereocenters. The van der Waals surface area contributed by atoms with Gasteiger partial charge in [0.05, 0.1) is 13.2 Å². The van der Waals surface area contributed by atoms with Crippen molar-refractivity contribution in [2.45, 2.75) is 26.2 Å². The van der Waals surface area contributed by atoms with Crippen LogP contribution in [0.4, 0.5) is 0 Å². The highest BCUT2D eigenvalue weighted by atomic mass is 16.5. The first kappa shape index (κ1) is 16.2. The van der Waals surface area contributed by atoms with Crippen LogP contribution in [0.15, 0.2) is 0 Å². The van der Waals surface area contributed by atoms with Crippen LogP contribution in [0.2, 0.25) is 0 Å². The summed E-state index contributed by atoms with van der Waals surface area (Å²) >= 11 is 0. The molecule has 2 rings (SSSR count). The van der Waals surface area contributed by atoms with E-state index in [-0.39, 0.29) is 5.91 Å². The highest BCUT2D eigenvalue weighted by molar-refractivity contribution is 6.35. The maximum Gasteiger partial charge on any atom is 0.311 e. The van der Waals surface area contributed by atoms with Gasteiger partial charge in [0.25, 0.3) is 0 Å². The summed E-state index contributed by atoms with van der Waals surface area (Å²) in [6.45, 7) is 8.54. The second-order valence-corrected chi connectivity index (χ2v) is 6.06. The summed E-state index contributed by atoms with van der Waals surface area (Å²) in [4.78, 5) is 27.9. The van der Waals surface area contributed by atoms with Gasteiger partial charge in [-0.2, -0.15) is 0 Å². The number of rotatable bonds is 4. The molecule has 0 aromatic carbocycles. The number of amides is 2. The predicted octanol–water partition coefficient (Wildman–Crippen LogP) is 0.0834. The molecule has 0 radical (unpaired) electrons. The maximum atomic E-state index is 12.0. The van der Waals surface area contributed by atoms with Gasteiger partial charge in [-0.25, -0.2) is 0 Å². The monoisotopic (exact) mass is 297 g/mol. The molecule has 0 saturated carbocycles. The summed E-state index contributed by atoms with van der Waals surface area (Å²) in [6, 6.07) is 0. The van der Waals surface area contributed by atoms with E-state index in [0.29, 0.717) is 25.6 Å². The maximum absolute atomic E-state index is 12.0. The SMILES string of the molecule is CC1CCCN(C(=O)C(=O)NCCCN2CCOCC2)C1. The van der Waals surface area contributed by atoms with Gasteiger partial charge in [0, 0.05) is 32.7 Å². The molecule has 0 bridgehead atoms. The topological polar surface area (TPSA) is 61.9 Å². The van der Waals surface area contributed by atoms with Crippen LogP contribution in [-0.4, -0.2) is 74.1 Å². The molecule has 0 aromatic heterocycles. The van der Waals surface area contributed by atoms with Crippen molar-refractivity contribution in [3.63, 3.8) is 0 Å². The number of morpholine rings is 1. The molecule has 120 valence electrons. The average Bonchev–Trinajstić information content (AvgIpc) is 2.51. The Morgan fingerprint density at radius 3 is 2.71 bits per heavy atom. The number of piperidine rings is 1. The Hall–Kier alpha value is -1.14. The van der Waals surface area contributed by atoms with Gasteiger partial charge in [-0.05, 0) is 31.7 Å². The van der Waals surface area contributed by atoms with E-state index >= 15 is 0 Å². The first-order valence-corrected chi connectivity index (χ1v) is 8.04. The lowest BCUT2D eigenvalue weighted by atomic mass is 10.0. The van der Waals surface area contributed by atoms with Crippen molar-refractivity contribution in [1.82, 2.24) is 15.1 Å². The third kappa shape index (κ3) is 5.28. The predicted molar refractivity (Wildman–Crippen MR) is 79.9 cm³/mol. The lowest BCUT2D eigenvalue weighted by molar-refractivity contribution is -0.146. The van der Waals surface area contributed by atoms with E-state index in [2.05, 4.69) is 17.1 Å². The fourth-order valence-corrected chi connectivity index (χ4v) is 2.92. The molecular formula is C15H27N3O3. The zero-order chi connectivity index (χ0) is 15.1. The summed E-state index contributed by atoms with van der Waals surface area (Å²) in [5.41, 5.74) is 0. The molecule has 0 aliphatic carbocycles. The number of carbonyl (C=O) groups excluding carboxylic acids is 2. The van der Waals surface area contributed by atoms with Crippen LogP contribution < -0.4 is 5.32 Å². The number of hydrogen-bond donors (Lipinski definition) is 1. The Morgan fingerprint density at radius 1 is 1.24 bits per heavy atom. The van der Waals surface area contributed by atoms with Gasteiger partial charge in [-0.15, -0.1) is 0 Å². The van der Waals surface area contributed by atoms with Gasteiger partial charge in [0.2, 0.25) is 0 Å². The van der Waals surface area contributed by atoms with Crippen LogP contribution >= 0.6 is 0 Å². The molecule has 2 saturated heterocycles. The van der Waals surface area contributed by atoms with Crippen molar-refractivity contribution >= 4 is 11.8 Å². The van der Waals surface area contributed by atoms with Gasteiger partial charge >= 0.3 is 11.8 Å². The Bertz CT molecular complexity index is 356. The molecular weight excluding hydrogens is 270 g/mol. The zero-order valence-corrected chi connectivity index (χ0v) is 13.0. The van der Waals surface area contributed by atoms with Gasteiger partial charge in [-0.3, -0.25) is 14.5 Å². The molecule has 0 spiro atoms. The highest BCUT2D eigenvalue weighted by Gasteiger charge is 2.25. The quantitative estimate of drug-likeness (QED) is 0.590. The summed E-state index contributed by atoms with van der Waals surface area (Å²) in [5, 5.41) is 2.75. The van der Waals surface area contributed by atoms with E-state index < -0.39 is 5.91 Å². The van der Waals surface area contributed by atoms with Crippen molar-refractivity contribution in [2.24, 2.45) is 5.92 Å². The van der Waals surface area contributed by atoms with Crippen molar-refractivity contribution in [3.05, 3.63) is 0 Å². The molecule has 2 aliphatic rings. The minimum Gasteiger partial charge on any atom is -0.379 e. The van der Waals surface area contributed by atoms with Crippen molar-refractivity contribution in [1.29, 1.82) is 0 Å². The zero-order valence-electron chi connectivity index (χ0n) is 13.0. The Balaban J connectivity index is 1.61. The van der Waals surface area contributed by atoms with Crippen LogP contribution in [0.25, 0.3) is 0 Å². The molecule has 1 unspecified atom stereocenters. The fraction of sp³-hybridized carbons (Fsp3) is 0.867. The van der Waals surface area contributed by atoms with E-state index in [1.165, 1.54) is 0 Å². The summed E-state index contributed by atoms with van der Waals surface area (Å²) < 4.78 is 5.29. The molecule has 6 heteroatoms. The van der Waals surface area contributed by atoms with Gasteiger partial charge in [0.15, 0.2) is 0 Å². The van der Waals surface area contributed by atoms with Crippen LogP contribution in [0.3, 0.4) is 0 Å². The van der Waals surface area contributed by atoms with Crippen molar-refractivity contribution in [3.8, 4) is 0 Å². The summed E-state index contributed by atoms with van der Waals surface area (Å²) in [7, 11) is 0. The minimum absolute atomic E-state index is 0.368. The van der Waals surface area contributed by atoms with E-state index in [4.69, 9.17) is 4.74 Å². The third-order valence-electron chi connectivity index (χ3n) is 4.18. The van der Waals surface area contributed by atoms with Crippen LogP contribution in [-0.2, 0) is 14.3 Å². The lowest BCUT2D eigenvalue weighted by Crippen LogP contribution is -2.47. The number of carbonyl (C=O) groups is 2. The van der Waals surface area contributed by atoms with Gasteiger partial charge < -0.3 is 15.0 Å². The lowest BCUT2D eigenvalue weighted by Gasteiger charge is -2.30. The summed E-state index contributed by atoms with van der Waals surface area (Å²) in [6.07, 6.45) is 3.01. The molecule has 0 aromatic rings. The van der Waals surface area contributed by atoms with E-state index in [1.807, 2.05) is 0 Å². The van der Waals surface area contributed by atoms with Gasteiger partial charge in [0.1, 0.15) is 0 Å². The molecule has 2 aliphatic heterocycles. The first-order valence-electron chi connectivity index (χ1n) is 8.04. The fourth-order valence-electron chi connectivity index (χ4n) is 2.92. The first-order chi connectivity index (χ1) is 10.2. The average molecular weight is 297 g/mol. The Morgan fingerprint density at radius 2 is 2.00 bits per heavy atom. The van der Waals surface area contributed by atoms with Gasteiger partial charge in [-0.1, -0.05) is 6.92 Å². The number of nitrogens with zero attached hydrogens (tertiary/aromatic N) is 2. The number of ether oxygens (including phenoxy) is 1. The Kier molecular flexibility index (Phi) is 6.45. The van der Waals surface area contributed by atoms with Crippen LogP contribution in [0.1, 0.15) is 26.2 Å². The molecule has 2 amide bonds. The minimum atomic E-state index is -0.453. The molecule has 1 N–H and O–H groups in total. The number of nitrogens with one attached hydrogen (secondary N) is 1. The standard InChI is InChI=1S/C15H27N3O3/c1-13-4-2-7-18(12-13)15(20)14(19)16-5-3-6-17-8-10-21-11-9-17/h13H,2-12H2,1H3,(H,16,19). The van der Waals surface area contributed by atoms with E-state index in [1.54, 1.807) is 4.90 Å². The third-order valence-corrected chi connectivity index (χ3v) is 4.18. The van der Waals surface area contributed by atoms with Crippen molar-refractivity contribution in [2.75, 3.05) is 52.5 Å². The van der Waals surface area contributed by atoms with Crippen molar-refractivity contribution < 1.29 is 14.3 Å². The Labute approximate surface area is 126 Å². The second kappa shape index (κ2) is 8.34. The molecule has 2 fully saturated rings. The highest BCUT2D eigenvalue weighted by Crippen LogP contribution is 2.15. The van der Waals surface area contributed by atoms with Crippen LogP contribution in [0, 0.1) is 5.92 Å². The largest absolute Gasteiger partial charge is 0.379 e. The number of likely N-dealkylation sites (tertiary alicyclic amines) is 1. The molecule has 21 heavy (non-hydrogen) atoms. The molecule has 2 heterocycles. The smallest absolute Gasteiger partial charge is 0.311 e. The normalized spacial score (nSPS) is 23.9. The van der Waals surface area contributed by atoms with E-state index in [9.17, 15) is 9.59 Å². The summed E-state index contributed by atoms with van der Waals surface area (Å²) in [5.74, 6) is -0.323. The number of hydrogen-bond acceptors (Lipinski definition) is 4. The molecule has 6 nitrogen and oxygen atoms in total. The van der Waals surface area contributed by atoms with E-state index in [0.717, 1.165) is 52.1 Å². The second-order valence-electron chi connectivity index (χ2n) is 6.06. The van der Waals surface area contributed by atoms with Crippen LogP contribution in [0.5, 0.6) is 0 Å².